The van der Waals surface area contributed by atoms with E-state index in [1.807, 2.05) is 12.3 Å². The molecule has 0 bridgehead atoms. The van der Waals surface area contributed by atoms with Gasteiger partial charge in [-0.25, -0.2) is 0 Å². The molecule has 1 heterocycles. The molecule has 0 fully saturated rings. The average molecular weight is 271 g/mol. The fraction of sp³-hybridized carbons (Fsp3) is 0.471. The molecule has 1 unspecified atom stereocenters. The Bertz CT molecular complexity index is 531. The fourth-order valence-corrected chi connectivity index (χ4v) is 2.47. The Balaban J connectivity index is 1.90. The SMILES string of the molecule is CC(C)C(CN)CNCCc1cccc2cccnc12. The number of hydrogen-bond acceptors (Lipinski definition) is 3. The van der Waals surface area contributed by atoms with Crippen molar-refractivity contribution in [2.24, 2.45) is 17.6 Å². The number of benzene rings is 1. The zero-order valence-corrected chi connectivity index (χ0v) is 12.5. The van der Waals surface area contributed by atoms with Crippen LogP contribution in [0.3, 0.4) is 0 Å². The maximum atomic E-state index is 5.79. The van der Waals surface area contributed by atoms with Crippen molar-refractivity contribution in [1.82, 2.24) is 10.3 Å². The first-order valence-electron chi connectivity index (χ1n) is 7.45. The van der Waals surface area contributed by atoms with Crippen molar-refractivity contribution in [3.05, 3.63) is 42.1 Å². The summed E-state index contributed by atoms with van der Waals surface area (Å²) in [5.41, 5.74) is 8.22. The minimum atomic E-state index is 0.556. The van der Waals surface area contributed by atoms with E-state index in [4.69, 9.17) is 5.73 Å². The molecule has 0 spiro atoms. The maximum Gasteiger partial charge on any atom is 0.0734 e. The van der Waals surface area contributed by atoms with Crippen LogP contribution in [0.5, 0.6) is 0 Å². The Hall–Kier alpha value is -1.45. The Morgan fingerprint density at radius 1 is 1.20 bits per heavy atom. The van der Waals surface area contributed by atoms with E-state index in [-0.39, 0.29) is 0 Å². The highest BCUT2D eigenvalue weighted by molar-refractivity contribution is 5.81. The zero-order valence-electron chi connectivity index (χ0n) is 12.5. The second-order valence-electron chi connectivity index (χ2n) is 5.69. The van der Waals surface area contributed by atoms with Crippen LogP contribution in [0.4, 0.5) is 0 Å². The van der Waals surface area contributed by atoms with Gasteiger partial charge in [-0.2, -0.15) is 0 Å². The van der Waals surface area contributed by atoms with Crippen LogP contribution in [-0.4, -0.2) is 24.6 Å². The number of fused-ring (bicyclic) bond motifs is 1. The first-order chi connectivity index (χ1) is 9.72. The van der Waals surface area contributed by atoms with Gasteiger partial charge >= 0.3 is 0 Å². The molecule has 3 N–H and O–H groups in total. The lowest BCUT2D eigenvalue weighted by Gasteiger charge is -2.19. The lowest BCUT2D eigenvalue weighted by Crippen LogP contribution is -2.32. The minimum absolute atomic E-state index is 0.556. The van der Waals surface area contributed by atoms with Gasteiger partial charge in [0.1, 0.15) is 0 Å². The topological polar surface area (TPSA) is 50.9 Å². The monoisotopic (exact) mass is 271 g/mol. The van der Waals surface area contributed by atoms with Gasteiger partial charge in [0.25, 0.3) is 0 Å². The third-order valence-electron chi connectivity index (χ3n) is 3.94. The van der Waals surface area contributed by atoms with Crippen LogP contribution < -0.4 is 11.1 Å². The summed E-state index contributed by atoms with van der Waals surface area (Å²) in [6.07, 6.45) is 2.87. The molecular formula is C17H25N3. The van der Waals surface area contributed by atoms with Crippen molar-refractivity contribution in [1.29, 1.82) is 0 Å². The Kier molecular flexibility index (Phi) is 5.50. The summed E-state index contributed by atoms with van der Waals surface area (Å²) >= 11 is 0. The van der Waals surface area contributed by atoms with Crippen LogP contribution >= 0.6 is 0 Å². The molecule has 0 saturated heterocycles. The van der Waals surface area contributed by atoms with Crippen molar-refractivity contribution >= 4 is 10.9 Å². The molecule has 0 aliphatic carbocycles. The van der Waals surface area contributed by atoms with Gasteiger partial charge in [-0.1, -0.05) is 38.1 Å². The molecule has 0 radical (unpaired) electrons. The van der Waals surface area contributed by atoms with Gasteiger partial charge < -0.3 is 11.1 Å². The predicted octanol–water partition coefficient (Wildman–Crippen LogP) is 2.60. The summed E-state index contributed by atoms with van der Waals surface area (Å²) < 4.78 is 0. The van der Waals surface area contributed by atoms with Gasteiger partial charge in [-0.05, 0) is 49.5 Å². The third-order valence-corrected chi connectivity index (χ3v) is 3.94. The number of nitrogens with zero attached hydrogens (tertiary/aromatic N) is 1. The minimum Gasteiger partial charge on any atom is -0.330 e. The molecule has 0 saturated carbocycles. The molecule has 1 aromatic heterocycles. The van der Waals surface area contributed by atoms with Gasteiger partial charge in [0.2, 0.25) is 0 Å². The lowest BCUT2D eigenvalue weighted by molar-refractivity contribution is 0.372. The number of rotatable bonds is 7. The highest BCUT2D eigenvalue weighted by Crippen LogP contribution is 2.16. The van der Waals surface area contributed by atoms with E-state index in [0.29, 0.717) is 11.8 Å². The highest BCUT2D eigenvalue weighted by Gasteiger charge is 2.10. The summed E-state index contributed by atoms with van der Waals surface area (Å²) in [6.45, 7) is 7.17. The van der Waals surface area contributed by atoms with Crippen molar-refractivity contribution in [3.63, 3.8) is 0 Å². The van der Waals surface area contributed by atoms with Gasteiger partial charge in [0.05, 0.1) is 5.52 Å². The zero-order chi connectivity index (χ0) is 14.4. The van der Waals surface area contributed by atoms with Crippen molar-refractivity contribution < 1.29 is 0 Å². The number of hydrogen-bond donors (Lipinski definition) is 2. The maximum absolute atomic E-state index is 5.79. The smallest absolute Gasteiger partial charge is 0.0734 e. The molecule has 0 aliphatic rings. The first-order valence-corrected chi connectivity index (χ1v) is 7.45. The number of nitrogens with two attached hydrogens (primary N) is 1. The second-order valence-corrected chi connectivity index (χ2v) is 5.69. The standard InChI is InChI=1S/C17H25N3/c1-13(2)16(11-18)12-19-10-8-15-6-3-5-14-7-4-9-20-17(14)15/h3-7,9,13,16,19H,8,10-12,18H2,1-2H3. The molecule has 3 nitrogen and oxygen atoms in total. The van der Waals surface area contributed by atoms with E-state index in [0.717, 1.165) is 31.6 Å². The van der Waals surface area contributed by atoms with Crippen molar-refractivity contribution in [3.8, 4) is 0 Å². The van der Waals surface area contributed by atoms with Gasteiger partial charge in [-0.15, -0.1) is 0 Å². The summed E-state index contributed by atoms with van der Waals surface area (Å²) in [6, 6.07) is 10.5. The molecule has 0 aliphatic heterocycles. The quantitative estimate of drug-likeness (QED) is 0.761. The third kappa shape index (κ3) is 3.78. The normalized spacial score (nSPS) is 13.0. The fourth-order valence-electron chi connectivity index (χ4n) is 2.47. The van der Waals surface area contributed by atoms with E-state index < -0.39 is 0 Å². The van der Waals surface area contributed by atoms with Gasteiger partial charge in [0.15, 0.2) is 0 Å². The van der Waals surface area contributed by atoms with E-state index in [1.165, 1.54) is 10.9 Å². The van der Waals surface area contributed by atoms with E-state index in [1.54, 1.807) is 0 Å². The van der Waals surface area contributed by atoms with E-state index in [9.17, 15) is 0 Å². The molecule has 2 rings (SSSR count). The van der Waals surface area contributed by atoms with Crippen LogP contribution in [0.15, 0.2) is 36.5 Å². The van der Waals surface area contributed by atoms with E-state index >= 15 is 0 Å². The van der Waals surface area contributed by atoms with Crippen molar-refractivity contribution in [2.45, 2.75) is 20.3 Å². The molecule has 1 aromatic carbocycles. The number of nitrogens with one attached hydrogen (secondary N) is 1. The molecule has 2 aromatic rings. The van der Waals surface area contributed by atoms with E-state index in [2.05, 4.69) is 48.4 Å². The summed E-state index contributed by atoms with van der Waals surface area (Å²) in [5, 5.41) is 4.74. The summed E-state index contributed by atoms with van der Waals surface area (Å²) in [5.74, 6) is 1.19. The van der Waals surface area contributed by atoms with Gasteiger partial charge in [-0.3, -0.25) is 4.98 Å². The van der Waals surface area contributed by atoms with Crippen LogP contribution in [0.25, 0.3) is 10.9 Å². The van der Waals surface area contributed by atoms with Gasteiger partial charge in [0, 0.05) is 11.6 Å². The number of aromatic nitrogens is 1. The molecule has 1 atom stereocenters. The lowest BCUT2D eigenvalue weighted by atomic mass is 9.96. The van der Waals surface area contributed by atoms with Crippen LogP contribution in [0.2, 0.25) is 0 Å². The summed E-state index contributed by atoms with van der Waals surface area (Å²) in [4.78, 5) is 4.49. The average Bonchev–Trinajstić information content (AvgIpc) is 2.47. The molecule has 3 heteroatoms. The second kappa shape index (κ2) is 7.36. The molecular weight excluding hydrogens is 246 g/mol. The largest absolute Gasteiger partial charge is 0.330 e. The predicted molar refractivity (Wildman–Crippen MR) is 85.7 cm³/mol. The molecule has 0 amide bonds. The number of pyridine rings is 1. The van der Waals surface area contributed by atoms with Crippen LogP contribution in [0.1, 0.15) is 19.4 Å². The van der Waals surface area contributed by atoms with Crippen LogP contribution in [-0.2, 0) is 6.42 Å². The summed E-state index contributed by atoms with van der Waals surface area (Å²) in [7, 11) is 0. The van der Waals surface area contributed by atoms with Crippen LogP contribution in [0, 0.1) is 11.8 Å². The molecule has 20 heavy (non-hydrogen) atoms. The Morgan fingerprint density at radius 3 is 2.75 bits per heavy atom. The Morgan fingerprint density at radius 2 is 2.00 bits per heavy atom. The highest BCUT2D eigenvalue weighted by atomic mass is 14.9. The van der Waals surface area contributed by atoms with Crippen molar-refractivity contribution in [2.75, 3.05) is 19.6 Å². The Labute approximate surface area is 121 Å². The number of para-hydroxylation sites is 1. The molecule has 108 valence electrons. The first kappa shape index (κ1) is 14.9.